The predicted molar refractivity (Wildman–Crippen MR) is 265 cm³/mol. The van der Waals surface area contributed by atoms with Crippen LogP contribution >= 0.6 is 15.0 Å². The Balaban J connectivity index is 1.28. The summed E-state index contributed by atoms with van der Waals surface area (Å²) in [7, 11) is -8.90. The molecule has 4 N–H and O–H groups in total. The van der Waals surface area contributed by atoms with Crippen LogP contribution in [-0.2, 0) is 52.8 Å². The van der Waals surface area contributed by atoms with Crippen molar-refractivity contribution >= 4 is 77.3 Å². The van der Waals surface area contributed by atoms with Gasteiger partial charge in [-0.15, -0.1) is 9.42 Å². The van der Waals surface area contributed by atoms with Gasteiger partial charge in [0, 0.05) is 16.3 Å². The van der Waals surface area contributed by atoms with E-state index in [2.05, 4.69) is 30.2 Å². The summed E-state index contributed by atoms with van der Waals surface area (Å²) in [4.78, 5) is 56.3. The molecular weight excluding hydrogens is 1020 g/mol. The van der Waals surface area contributed by atoms with E-state index in [1.807, 2.05) is 73.8 Å². The van der Waals surface area contributed by atoms with Gasteiger partial charge in [0.1, 0.15) is 42.2 Å². The smallest absolute Gasteiger partial charge is 0.408 e. The molecule has 1 amide bonds. The van der Waals surface area contributed by atoms with Crippen molar-refractivity contribution in [1.29, 1.82) is 5.26 Å². The summed E-state index contributed by atoms with van der Waals surface area (Å²) in [5.41, 5.74) is -0.0629. The van der Waals surface area contributed by atoms with Gasteiger partial charge in [0.25, 0.3) is 11.5 Å². The molecular formula is C43H59FN9O13P2SSi2+. The van der Waals surface area contributed by atoms with Crippen molar-refractivity contribution in [3.8, 4) is 6.07 Å². The Morgan fingerprint density at radius 1 is 0.944 bits per heavy atom. The number of rotatable bonds is 19. The van der Waals surface area contributed by atoms with Gasteiger partial charge in [0.05, 0.1) is 45.0 Å². The number of aromatic nitrogens is 7. The molecule has 6 heterocycles. The van der Waals surface area contributed by atoms with Gasteiger partial charge < -0.3 is 47.3 Å². The van der Waals surface area contributed by atoms with Crippen molar-refractivity contribution in [1.82, 2.24) is 34.1 Å². The van der Waals surface area contributed by atoms with Crippen LogP contribution in [0.5, 0.6) is 0 Å². The van der Waals surface area contributed by atoms with Gasteiger partial charge in [0.2, 0.25) is 0 Å². The minimum Gasteiger partial charge on any atom is -0.408 e. The first kappa shape index (κ1) is 54.6. The summed E-state index contributed by atoms with van der Waals surface area (Å²) in [6, 6.07) is 10.6. The number of ether oxygens (including phenoxy) is 2. The molecule has 28 heteroatoms. The Bertz CT molecular complexity index is 2900. The van der Waals surface area contributed by atoms with E-state index in [1.165, 1.54) is 21.8 Å². The number of hydrogen-bond acceptors (Lipinski definition) is 18. The van der Waals surface area contributed by atoms with Gasteiger partial charge in [-0.25, -0.2) is 24.3 Å². The van der Waals surface area contributed by atoms with Crippen LogP contribution in [0.3, 0.4) is 0 Å². The van der Waals surface area contributed by atoms with E-state index in [0.29, 0.717) is 5.56 Å². The van der Waals surface area contributed by atoms with E-state index >= 15 is 4.39 Å². The molecule has 2 saturated heterocycles. The summed E-state index contributed by atoms with van der Waals surface area (Å²) in [5, 5.41) is 22.2. The van der Waals surface area contributed by atoms with Gasteiger partial charge in [0.15, 0.2) is 63.6 Å². The lowest BCUT2D eigenvalue weighted by molar-refractivity contribution is -0.0575. The third-order valence-electron chi connectivity index (χ3n) is 13.3. The number of benzene rings is 1. The summed E-state index contributed by atoms with van der Waals surface area (Å²) in [6.45, 7) is 14.4. The summed E-state index contributed by atoms with van der Waals surface area (Å²) < 4.78 is 83.2. The maximum atomic E-state index is 15.6. The second-order valence-corrected chi connectivity index (χ2v) is 33.2. The Morgan fingerprint density at radius 2 is 1.59 bits per heavy atom. The number of aromatic amines is 1. The average molecular weight is 1080 g/mol. The largest absolute Gasteiger partial charge is 0.695 e. The van der Waals surface area contributed by atoms with Gasteiger partial charge in [-0.05, 0) is 60.2 Å². The topological polar surface area (TPSA) is 279 Å². The van der Waals surface area contributed by atoms with Crippen molar-refractivity contribution in [3.63, 3.8) is 0 Å². The lowest BCUT2D eigenvalue weighted by atomic mass is 10.1. The SMILES string of the molecule is CC(C)(C)[Si](C)(C)O[C@@H]1[C@H](O[P+](=O)O)[C@@H](COP(=S)(OCCC#N)O[C@@H]2[C@H](O[Si](C)(C)C(C)(C)C)[C@@H](CO)O[C@H]2n2cnc3c(NC(=O)c4ccccc4)ncnc32)O[C@H]1n1cc(F)c2c(=O)[nH]cnc21. The fraction of sp³-hybridized carbons (Fsp3) is 0.558. The summed E-state index contributed by atoms with van der Waals surface area (Å²) in [5.74, 6) is -1.24. The van der Waals surface area contributed by atoms with Crippen LogP contribution in [0.1, 0.15) is 70.8 Å². The number of amides is 1. The second-order valence-electron chi connectivity index (χ2n) is 20.0. The van der Waals surface area contributed by atoms with E-state index in [4.69, 9.17) is 48.2 Å². The van der Waals surface area contributed by atoms with Crippen LogP contribution < -0.4 is 10.9 Å². The Morgan fingerprint density at radius 3 is 2.23 bits per heavy atom. The molecule has 0 saturated carbocycles. The predicted octanol–water partition coefficient (Wildman–Crippen LogP) is 7.12. The molecule has 10 atom stereocenters. The van der Waals surface area contributed by atoms with Crippen molar-refractivity contribution < 1.29 is 60.2 Å². The second kappa shape index (κ2) is 21.4. The number of aliphatic hydroxyl groups excluding tert-OH is 1. The number of nitrogens with one attached hydrogen (secondary N) is 2. The molecule has 22 nitrogen and oxygen atoms in total. The van der Waals surface area contributed by atoms with Crippen LogP contribution in [0.25, 0.3) is 22.2 Å². The van der Waals surface area contributed by atoms with E-state index in [9.17, 15) is 29.4 Å². The Labute approximate surface area is 417 Å². The number of hydrogen-bond donors (Lipinski definition) is 4. The molecule has 0 aliphatic carbocycles. The van der Waals surface area contributed by atoms with Crippen molar-refractivity contribution in [2.24, 2.45) is 0 Å². The van der Waals surface area contributed by atoms with Crippen molar-refractivity contribution in [2.45, 2.75) is 133 Å². The minimum atomic E-state index is -4.17. The lowest BCUT2D eigenvalue weighted by Crippen LogP contribution is -2.50. The zero-order valence-electron chi connectivity index (χ0n) is 40.8. The lowest BCUT2D eigenvalue weighted by Gasteiger charge is -2.41. The number of H-pyrrole nitrogens is 1. The number of fused-ring (bicyclic) bond motifs is 2. The molecule has 2 unspecified atom stereocenters. The van der Waals surface area contributed by atoms with E-state index in [-0.39, 0.29) is 46.1 Å². The van der Waals surface area contributed by atoms with Crippen LogP contribution in [0.15, 0.2) is 60.3 Å². The highest BCUT2D eigenvalue weighted by Gasteiger charge is 2.57. The molecule has 0 spiro atoms. The molecule has 0 bridgehead atoms. The molecule has 2 aliphatic rings. The highest BCUT2D eigenvalue weighted by molar-refractivity contribution is 8.07. The normalized spacial score (nSPS) is 24.3. The monoisotopic (exact) mass is 1080 g/mol. The van der Waals surface area contributed by atoms with Crippen LogP contribution in [-0.4, -0.2) is 123 Å². The van der Waals surface area contributed by atoms with E-state index in [1.54, 1.807) is 30.3 Å². The first-order valence-electron chi connectivity index (χ1n) is 22.6. The Kier molecular flexibility index (Phi) is 16.4. The third-order valence-corrected chi connectivity index (χ3v) is 25.0. The quantitative estimate of drug-likeness (QED) is 0.0364. The van der Waals surface area contributed by atoms with Gasteiger partial charge in [-0.2, -0.15) is 5.26 Å². The molecule has 0 radical (unpaired) electrons. The number of nitriles is 1. The average Bonchev–Trinajstić information content (AvgIpc) is 4.05. The maximum Gasteiger partial charge on any atom is 0.695 e. The molecule has 4 aromatic heterocycles. The number of carbonyl (C=O) groups excluding carboxylic acids is 1. The number of carbonyl (C=O) groups is 1. The highest BCUT2D eigenvalue weighted by Crippen LogP contribution is 2.56. The van der Waals surface area contributed by atoms with Crippen LogP contribution in [0.4, 0.5) is 10.2 Å². The number of anilines is 1. The maximum absolute atomic E-state index is 15.6. The first-order chi connectivity index (χ1) is 33.3. The minimum absolute atomic E-state index is 0.0939. The van der Waals surface area contributed by atoms with E-state index < -0.39 is 116 Å². The molecule has 384 valence electrons. The van der Waals surface area contributed by atoms with Gasteiger partial charge in [-0.3, -0.25) is 18.7 Å². The Hall–Kier alpha value is -4.14. The van der Waals surface area contributed by atoms with Gasteiger partial charge >= 0.3 is 15.0 Å². The summed E-state index contributed by atoms with van der Waals surface area (Å²) >= 11 is 6.16. The number of nitrogens with zero attached hydrogens (tertiary/aromatic N) is 7. The van der Waals surface area contributed by atoms with E-state index in [0.717, 1.165) is 12.5 Å². The number of aliphatic hydroxyl groups is 1. The van der Waals surface area contributed by atoms with Crippen molar-refractivity contribution in [3.05, 3.63) is 77.2 Å². The van der Waals surface area contributed by atoms with Crippen LogP contribution in [0, 0.1) is 17.1 Å². The fourth-order valence-electron chi connectivity index (χ4n) is 7.55. The number of imidazole rings is 1. The molecule has 2 fully saturated rings. The van der Waals surface area contributed by atoms with Gasteiger partial charge in [-0.1, -0.05) is 59.7 Å². The van der Waals surface area contributed by atoms with Crippen molar-refractivity contribution in [2.75, 3.05) is 25.1 Å². The molecule has 2 aliphatic heterocycles. The zero-order chi connectivity index (χ0) is 51.8. The number of halogens is 1. The third kappa shape index (κ3) is 11.6. The standard InChI is InChI=1S/C43H58FN9O13P2SSi2/c1-42(2,3)70(7,8)65-32-27(20-54)61-40(53-24-50-30-35(46-22-48-37(30)53)51-38(55)25-15-12-11-13-16-25)33(32)64-68(69,59-18-14-17-45)60-21-28-31(63-67(57)58)34(66-71(9,10)43(4,5)6)41(62-28)52-19-26(44)29-36(52)47-23-49-39(29)56/h11-13,15-16,19,22-24,27-28,31-34,40-41,54H,14,18,20-21H2,1-10H3,(H2-,46,47,48,49,51,55,56,57,58)/p+1/t27-,28-,31-,32-,33-,34-,40-,41-,68?/m1/s1. The highest BCUT2D eigenvalue weighted by atomic mass is 32.5. The zero-order valence-corrected chi connectivity index (χ0v) is 45.4. The molecule has 71 heavy (non-hydrogen) atoms. The molecule has 5 aromatic rings. The van der Waals surface area contributed by atoms with Crippen LogP contribution in [0.2, 0.25) is 36.3 Å². The first-order valence-corrected chi connectivity index (χ1v) is 32.1. The fourth-order valence-corrected chi connectivity index (χ4v) is 12.7. The molecule has 7 rings (SSSR count). The molecule has 1 aromatic carbocycles. The summed E-state index contributed by atoms with van der Waals surface area (Å²) in [6.07, 6.45) is -5.11.